The van der Waals surface area contributed by atoms with Gasteiger partial charge in [0.05, 0.1) is 5.60 Å². The van der Waals surface area contributed by atoms with Crippen molar-refractivity contribution in [1.29, 1.82) is 0 Å². The SMILES string of the molecule is CC(C)NC1CCCN(CC(C)(C)O)C1. The Balaban J connectivity index is 2.35. The van der Waals surface area contributed by atoms with E-state index in [2.05, 4.69) is 24.1 Å². The Morgan fingerprint density at radius 1 is 1.47 bits per heavy atom. The Morgan fingerprint density at radius 3 is 2.67 bits per heavy atom. The van der Waals surface area contributed by atoms with Gasteiger partial charge in [0.15, 0.2) is 0 Å². The average Bonchev–Trinajstić information content (AvgIpc) is 1.99. The molecule has 0 aliphatic carbocycles. The van der Waals surface area contributed by atoms with Crippen LogP contribution in [0.2, 0.25) is 0 Å². The molecule has 1 atom stereocenters. The number of hydrogen-bond acceptors (Lipinski definition) is 3. The molecule has 90 valence electrons. The molecule has 0 aromatic rings. The van der Waals surface area contributed by atoms with E-state index in [4.69, 9.17) is 0 Å². The molecule has 3 nitrogen and oxygen atoms in total. The standard InChI is InChI=1S/C12H26N2O/c1-10(2)13-11-6-5-7-14(8-11)9-12(3,4)15/h10-11,13,15H,5-9H2,1-4H3. The van der Waals surface area contributed by atoms with Crippen LogP contribution in [0.1, 0.15) is 40.5 Å². The Bertz CT molecular complexity index is 187. The number of aliphatic hydroxyl groups is 1. The molecule has 1 aliphatic rings. The van der Waals surface area contributed by atoms with Crippen LogP contribution >= 0.6 is 0 Å². The average molecular weight is 214 g/mol. The van der Waals surface area contributed by atoms with Gasteiger partial charge >= 0.3 is 0 Å². The van der Waals surface area contributed by atoms with E-state index in [-0.39, 0.29) is 0 Å². The van der Waals surface area contributed by atoms with E-state index in [0.717, 1.165) is 19.6 Å². The van der Waals surface area contributed by atoms with E-state index in [9.17, 15) is 5.11 Å². The zero-order valence-electron chi connectivity index (χ0n) is 10.6. The van der Waals surface area contributed by atoms with Crippen LogP contribution in [0.15, 0.2) is 0 Å². The molecular formula is C12H26N2O. The van der Waals surface area contributed by atoms with Gasteiger partial charge in [-0.3, -0.25) is 4.90 Å². The molecule has 0 aromatic heterocycles. The first-order chi connectivity index (χ1) is 6.87. The first kappa shape index (κ1) is 12.9. The van der Waals surface area contributed by atoms with E-state index in [0.29, 0.717) is 12.1 Å². The number of likely N-dealkylation sites (tertiary alicyclic amines) is 1. The second-order valence-corrected chi connectivity index (χ2v) is 5.71. The van der Waals surface area contributed by atoms with Crippen molar-refractivity contribution in [3.63, 3.8) is 0 Å². The van der Waals surface area contributed by atoms with Gasteiger partial charge in [0.1, 0.15) is 0 Å². The summed E-state index contributed by atoms with van der Waals surface area (Å²) in [6.45, 7) is 11.1. The summed E-state index contributed by atoms with van der Waals surface area (Å²) in [6, 6.07) is 1.15. The number of hydrogen-bond donors (Lipinski definition) is 2. The Morgan fingerprint density at radius 2 is 2.13 bits per heavy atom. The fourth-order valence-corrected chi connectivity index (χ4v) is 2.35. The van der Waals surface area contributed by atoms with Crippen LogP contribution in [0.25, 0.3) is 0 Å². The molecule has 0 saturated carbocycles. The lowest BCUT2D eigenvalue weighted by Crippen LogP contribution is -2.51. The van der Waals surface area contributed by atoms with Gasteiger partial charge in [-0.25, -0.2) is 0 Å². The van der Waals surface area contributed by atoms with Crippen LogP contribution in [0.5, 0.6) is 0 Å². The molecule has 1 heterocycles. The maximum Gasteiger partial charge on any atom is 0.0718 e. The van der Waals surface area contributed by atoms with Crippen LogP contribution in [0.4, 0.5) is 0 Å². The molecule has 0 radical (unpaired) electrons. The smallest absolute Gasteiger partial charge is 0.0718 e. The van der Waals surface area contributed by atoms with Crippen molar-refractivity contribution in [2.45, 2.75) is 58.2 Å². The van der Waals surface area contributed by atoms with Crippen molar-refractivity contribution in [3.8, 4) is 0 Å². The predicted octanol–water partition coefficient (Wildman–Crippen LogP) is 1.22. The molecule has 1 rings (SSSR count). The molecule has 0 bridgehead atoms. The third-order valence-corrected chi connectivity index (χ3v) is 2.69. The normalized spacial score (nSPS) is 24.8. The summed E-state index contributed by atoms with van der Waals surface area (Å²) in [4.78, 5) is 2.36. The van der Waals surface area contributed by atoms with Crippen molar-refractivity contribution < 1.29 is 5.11 Å². The molecule has 0 amide bonds. The summed E-state index contributed by atoms with van der Waals surface area (Å²) in [5.41, 5.74) is -0.570. The second-order valence-electron chi connectivity index (χ2n) is 5.71. The summed E-state index contributed by atoms with van der Waals surface area (Å²) in [7, 11) is 0. The monoisotopic (exact) mass is 214 g/mol. The predicted molar refractivity (Wildman–Crippen MR) is 64.0 cm³/mol. The highest BCUT2D eigenvalue weighted by Gasteiger charge is 2.24. The highest BCUT2D eigenvalue weighted by atomic mass is 16.3. The zero-order chi connectivity index (χ0) is 11.5. The first-order valence-corrected chi connectivity index (χ1v) is 6.07. The highest BCUT2D eigenvalue weighted by Crippen LogP contribution is 2.14. The lowest BCUT2D eigenvalue weighted by atomic mass is 10.0. The van der Waals surface area contributed by atoms with E-state index < -0.39 is 5.60 Å². The second kappa shape index (κ2) is 5.28. The fourth-order valence-electron chi connectivity index (χ4n) is 2.35. The molecular weight excluding hydrogens is 188 g/mol. The molecule has 0 spiro atoms. The van der Waals surface area contributed by atoms with Gasteiger partial charge in [0, 0.05) is 25.2 Å². The van der Waals surface area contributed by atoms with E-state index in [1.54, 1.807) is 0 Å². The Hall–Kier alpha value is -0.120. The van der Waals surface area contributed by atoms with Gasteiger partial charge in [-0.15, -0.1) is 0 Å². The highest BCUT2D eigenvalue weighted by molar-refractivity contribution is 4.82. The number of nitrogens with one attached hydrogen (secondary N) is 1. The molecule has 3 heteroatoms. The molecule has 15 heavy (non-hydrogen) atoms. The van der Waals surface area contributed by atoms with Crippen LogP contribution < -0.4 is 5.32 Å². The number of β-amino-alcohol motifs (C(OH)–C–C–N with tert-alkyl or cyclic N) is 1. The molecule has 2 N–H and O–H groups in total. The van der Waals surface area contributed by atoms with Gasteiger partial charge in [-0.1, -0.05) is 13.8 Å². The first-order valence-electron chi connectivity index (χ1n) is 6.07. The van der Waals surface area contributed by atoms with Crippen LogP contribution in [-0.2, 0) is 0 Å². The minimum Gasteiger partial charge on any atom is -0.389 e. The third kappa shape index (κ3) is 5.50. The van der Waals surface area contributed by atoms with Crippen molar-refractivity contribution in [2.75, 3.05) is 19.6 Å². The maximum atomic E-state index is 9.78. The lowest BCUT2D eigenvalue weighted by molar-refractivity contribution is 0.0249. The summed E-state index contributed by atoms with van der Waals surface area (Å²) >= 11 is 0. The molecule has 1 aliphatic heterocycles. The molecule has 1 saturated heterocycles. The topological polar surface area (TPSA) is 35.5 Å². The quantitative estimate of drug-likeness (QED) is 0.738. The van der Waals surface area contributed by atoms with Gasteiger partial charge in [0.2, 0.25) is 0 Å². The molecule has 1 fully saturated rings. The number of piperidine rings is 1. The Labute approximate surface area is 93.9 Å². The van der Waals surface area contributed by atoms with E-state index in [1.165, 1.54) is 12.8 Å². The minimum absolute atomic E-state index is 0.553. The summed E-state index contributed by atoms with van der Waals surface area (Å²) in [5.74, 6) is 0. The zero-order valence-corrected chi connectivity index (χ0v) is 10.6. The van der Waals surface area contributed by atoms with Crippen molar-refractivity contribution >= 4 is 0 Å². The van der Waals surface area contributed by atoms with Crippen molar-refractivity contribution in [1.82, 2.24) is 10.2 Å². The summed E-state index contributed by atoms with van der Waals surface area (Å²) < 4.78 is 0. The largest absolute Gasteiger partial charge is 0.389 e. The van der Waals surface area contributed by atoms with Crippen molar-refractivity contribution in [3.05, 3.63) is 0 Å². The number of rotatable bonds is 4. The summed E-state index contributed by atoms with van der Waals surface area (Å²) in [6.07, 6.45) is 2.50. The summed E-state index contributed by atoms with van der Waals surface area (Å²) in [5, 5.41) is 13.4. The van der Waals surface area contributed by atoms with E-state index in [1.807, 2.05) is 13.8 Å². The lowest BCUT2D eigenvalue weighted by Gasteiger charge is -2.37. The van der Waals surface area contributed by atoms with Gasteiger partial charge in [-0.2, -0.15) is 0 Å². The minimum atomic E-state index is -0.570. The fraction of sp³-hybridized carbons (Fsp3) is 1.00. The van der Waals surface area contributed by atoms with Crippen molar-refractivity contribution in [2.24, 2.45) is 0 Å². The number of nitrogens with zero attached hydrogens (tertiary/aromatic N) is 1. The van der Waals surface area contributed by atoms with Crippen LogP contribution in [0.3, 0.4) is 0 Å². The molecule has 0 aromatic carbocycles. The van der Waals surface area contributed by atoms with Crippen LogP contribution in [-0.4, -0.2) is 47.3 Å². The van der Waals surface area contributed by atoms with Gasteiger partial charge < -0.3 is 10.4 Å². The Kier molecular flexibility index (Phi) is 4.56. The van der Waals surface area contributed by atoms with Gasteiger partial charge in [-0.05, 0) is 33.2 Å². The van der Waals surface area contributed by atoms with E-state index >= 15 is 0 Å². The van der Waals surface area contributed by atoms with Crippen LogP contribution in [0, 0.1) is 0 Å². The molecule has 1 unspecified atom stereocenters. The third-order valence-electron chi connectivity index (χ3n) is 2.69. The van der Waals surface area contributed by atoms with Gasteiger partial charge in [0.25, 0.3) is 0 Å². The maximum absolute atomic E-state index is 9.78.